The summed E-state index contributed by atoms with van der Waals surface area (Å²) in [7, 11) is 0. The van der Waals surface area contributed by atoms with Crippen molar-refractivity contribution in [3.8, 4) is 0 Å². The van der Waals surface area contributed by atoms with E-state index in [1.54, 1.807) is 18.0 Å². The second kappa shape index (κ2) is 4.95. The molecule has 2 amide bonds. The number of urea groups is 1. The average molecular weight is 226 g/mol. The Labute approximate surface area is 92.7 Å². The lowest BCUT2D eigenvalue weighted by Gasteiger charge is -2.26. The molecule has 1 saturated heterocycles. The van der Waals surface area contributed by atoms with Gasteiger partial charge in [-0.3, -0.25) is 10.7 Å². The molecule has 1 aromatic rings. The maximum Gasteiger partial charge on any atom is 0.335 e. The molecule has 2 heterocycles. The van der Waals surface area contributed by atoms with Crippen LogP contribution in [0.5, 0.6) is 0 Å². The SMILES string of the molecule is Cc1cc(NC(=O)NN2CCOCC2)no1. The molecule has 1 fully saturated rings. The molecule has 0 aliphatic carbocycles. The largest absolute Gasteiger partial charge is 0.379 e. The summed E-state index contributed by atoms with van der Waals surface area (Å²) < 4.78 is 9.99. The van der Waals surface area contributed by atoms with E-state index in [2.05, 4.69) is 15.9 Å². The summed E-state index contributed by atoms with van der Waals surface area (Å²) in [6, 6.07) is 1.33. The van der Waals surface area contributed by atoms with Crippen molar-refractivity contribution in [2.45, 2.75) is 6.92 Å². The van der Waals surface area contributed by atoms with Gasteiger partial charge in [0.15, 0.2) is 5.82 Å². The number of ether oxygens (including phenoxy) is 1. The van der Waals surface area contributed by atoms with Gasteiger partial charge in [-0.2, -0.15) is 0 Å². The number of carbonyl (C=O) groups excluding carboxylic acids is 1. The van der Waals surface area contributed by atoms with Gasteiger partial charge in [0.1, 0.15) is 5.76 Å². The first-order valence-corrected chi connectivity index (χ1v) is 5.08. The normalized spacial score (nSPS) is 17.1. The van der Waals surface area contributed by atoms with Crippen molar-refractivity contribution in [2.24, 2.45) is 0 Å². The van der Waals surface area contributed by atoms with Gasteiger partial charge in [0.2, 0.25) is 0 Å². The number of aryl methyl sites for hydroxylation is 1. The van der Waals surface area contributed by atoms with Gasteiger partial charge in [0.05, 0.1) is 13.2 Å². The van der Waals surface area contributed by atoms with E-state index in [1.165, 1.54) is 0 Å². The van der Waals surface area contributed by atoms with Crippen molar-refractivity contribution in [3.63, 3.8) is 0 Å². The predicted octanol–water partition coefficient (Wildman–Crippen LogP) is 0.352. The molecule has 0 spiro atoms. The minimum Gasteiger partial charge on any atom is -0.379 e. The monoisotopic (exact) mass is 226 g/mol. The summed E-state index contributed by atoms with van der Waals surface area (Å²) in [6.07, 6.45) is 0. The zero-order chi connectivity index (χ0) is 11.4. The Bertz CT molecular complexity index is 359. The van der Waals surface area contributed by atoms with E-state index in [-0.39, 0.29) is 6.03 Å². The van der Waals surface area contributed by atoms with Crippen LogP contribution in [0.3, 0.4) is 0 Å². The number of hydrogen-bond donors (Lipinski definition) is 2. The molecular weight excluding hydrogens is 212 g/mol. The molecule has 2 N–H and O–H groups in total. The highest BCUT2D eigenvalue weighted by Crippen LogP contribution is 2.06. The number of aromatic nitrogens is 1. The second-order valence-electron chi connectivity index (χ2n) is 3.49. The van der Waals surface area contributed by atoms with Gasteiger partial charge in [0, 0.05) is 19.2 Å². The van der Waals surface area contributed by atoms with Gasteiger partial charge in [0.25, 0.3) is 0 Å². The molecular formula is C9H14N4O3. The molecule has 0 radical (unpaired) electrons. The maximum atomic E-state index is 11.5. The molecule has 16 heavy (non-hydrogen) atoms. The van der Waals surface area contributed by atoms with E-state index in [0.29, 0.717) is 37.9 Å². The minimum atomic E-state index is -0.324. The van der Waals surface area contributed by atoms with Gasteiger partial charge < -0.3 is 9.26 Å². The molecule has 0 bridgehead atoms. The third-order valence-electron chi connectivity index (χ3n) is 2.14. The van der Waals surface area contributed by atoms with Crippen molar-refractivity contribution < 1.29 is 14.1 Å². The molecule has 1 aliphatic rings. The fraction of sp³-hybridized carbons (Fsp3) is 0.556. The van der Waals surface area contributed by atoms with Crippen LogP contribution < -0.4 is 10.7 Å². The highest BCUT2D eigenvalue weighted by Gasteiger charge is 2.13. The highest BCUT2D eigenvalue weighted by molar-refractivity contribution is 5.87. The predicted molar refractivity (Wildman–Crippen MR) is 55.8 cm³/mol. The molecule has 1 aromatic heterocycles. The highest BCUT2D eigenvalue weighted by atomic mass is 16.5. The fourth-order valence-corrected chi connectivity index (χ4v) is 1.39. The number of nitrogens with zero attached hydrogens (tertiary/aromatic N) is 2. The van der Waals surface area contributed by atoms with Crippen LogP contribution in [0.4, 0.5) is 10.6 Å². The Balaban J connectivity index is 1.79. The summed E-state index contributed by atoms with van der Waals surface area (Å²) >= 11 is 0. The van der Waals surface area contributed by atoms with Gasteiger partial charge >= 0.3 is 6.03 Å². The lowest BCUT2D eigenvalue weighted by atomic mass is 10.5. The number of rotatable bonds is 2. The maximum absolute atomic E-state index is 11.5. The topological polar surface area (TPSA) is 79.6 Å². The summed E-state index contributed by atoms with van der Waals surface area (Å²) in [4.78, 5) is 11.5. The van der Waals surface area contributed by atoms with E-state index in [0.717, 1.165) is 0 Å². The molecule has 0 unspecified atom stereocenters. The minimum absolute atomic E-state index is 0.324. The number of hydrogen-bond acceptors (Lipinski definition) is 5. The number of anilines is 1. The number of carbonyl (C=O) groups is 1. The van der Waals surface area contributed by atoms with Crippen molar-refractivity contribution in [3.05, 3.63) is 11.8 Å². The van der Waals surface area contributed by atoms with Crippen LogP contribution in [0.15, 0.2) is 10.6 Å². The summed E-state index contributed by atoms with van der Waals surface area (Å²) in [6.45, 7) is 4.39. The third kappa shape index (κ3) is 2.94. The Morgan fingerprint density at radius 1 is 1.50 bits per heavy atom. The third-order valence-corrected chi connectivity index (χ3v) is 2.14. The van der Waals surface area contributed by atoms with E-state index in [9.17, 15) is 4.79 Å². The Hall–Kier alpha value is -1.60. The van der Waals surface area contributed by atoms with Crippen molar-refractivity contribution in [1.82, 2.24) is 15.6 Å². The van der Waals surface area contributed by atoms with E-state index < -0.39 is 0 Å². The number of hydrazine groups is 1. The first-order chi connectivity index (χ1) is 7.74. The quantitative estimate of drug-likeness (QED) is 0.760. The number of amides is 2. The lowest BCUT2D eigenvalue weighted by molar-refractivity contribution is 0.0207. The standard InChI is InChI=1S/C9H14N4O3/c1-7-6-8(12-16-7)10-9(14)11-13-2-4-15-5-3-13/h6H,2-5H2,1H3,(H2,10,11,12,14). The van der Waals surface area contributed by atoms with E-state index in [1.807, 2.05) is 0 Å². The van der Waals surface area contributed by atoms with Crippen LogP contribution in [0, 0.1) is 6.92 Å². The van der Waals surface area contributed by atoms with Crippen LogP contribution in [-0.2, 0) is 4.74 Å². The first-order valence-electron chi connectivity index (χ1n) is 5.08. The van der Waals surface area contributed by atoms with Gasteiger partial charge in [-0.15, -0.1) is 0 Å². The van der Waals surface area contributed by atoms with E-state index >= 15 is 0 Å². The van der Waals surface area contributed by atoms with Crippen molar-refractivity contribution >= 4 is 11.8 Å². The van der Waals surface area contributed by atoms with Gasteiger partial charge in [-0.25, -0.2) is 9.80 Å². The van der Waals surface area contributed by atoms with Crippen LogP contribution in [0.25, 0.3) is 0 Å². The Kier molecular flexibility index (Phi) is 3.37. The molecule has 7 nitrogen and oxygen atoms in total. The van der Waals surface area contributed by atoms with Crippen molar-refractivity contribution in [2.75, 3.05) is 31.6 Å². The van der Waals surface area contributed by atoms with Crippen LogP contribution >= 0.6 is 0 Å². The average Bonchev–Trinajstić information content (AvgIpc) is 2.65. The summed E-state index contributed by atoms with van der Waals surface area (Å²) in [5, 5.41) is 8.03. The molecule has 2 rings (SSSR count). The second-order valence-corrected chi connectivity index (χ2v) is 3.49. The number of morpholine rings is 1. The van der Waals surface area contributed by atoms with Crippen LogP contribution in [0.2, 0.25) is 0 Å². The zero-order valence-corrected chi connectivity index (χ0v) is 9.02. The fourth-order valence-electron chi connectivity index (χ4n) is 1.39. The smallest absolute Gasteiger partial charge is 0.335 e. The molecule has 88 valence electrons. The summed E-state index contributed by atoms with van der Waals surface area (Å²) in [5.74, 6) is 1.06. The van der Waals surface area contributed by atoms with Crippen LogP contribution in [-0.4, -0.2) is 42.5 Å². The van der Waals surface area contributed by atoms with E-state index in [4.69, 9.17) is 9.26 Å². The molecule has 0 atom stereocenters. The molecule has 1 aliphatic heterocycles. The van der Waals surface area contributed by atoms with Crippen molar-refractivity contribution in [1.29, 1.82) is 0 Å². The Morgan fingerprint density at radius 2 is 2.25 bits per heavy atom. The summed E-state index contributed by atoms with van der Waals surface area (Å²) in [5.41, 5.74) is 2.70. The number of nitrogens with one attached hydrogen (secondary N) is 2. The lowest BCUT2D eigenvalue weighted by Crippen LogP contribution is -2.49. The molecule has 0 saturated carbocycles. The van der Waals surface area contributed by atoms with Crippen LogP contribution in [0.1, 0.15) is 5.76 Å². The Morgan fingerprint density at radius 3 is 2.88 bits per heavy atom. The van der Waals surface area contributed by atoms with Gasteiger partial charge in [-0.1, -0.05) is 5.16 Å². The molecule has 0 aromatic carbocycles. The zero-order valence-electron chi connectivity index (χ0n) is 9.02. The first kappa shape index (κ1) is 10.9. The van der Waals surface area contributed by atoms with Gasteiger partial charge in [-0.05, 0) is 6.92 Å². The molecule has 7 heteroatoms.